The zero-order valence-corrected chi connectivity index (χ0v) is 21.8. The lowest BCUT2D eigenvalue weighted by Gasteiger charge is -2.41. The number of anilines is 1. The van der Waals surface area contributed by atoms with Crippen molar-refractivity contribution in [2.24, 2.45) is 11.8 Å². The number of piperazine rings is 1. The molecular weight excluding hydrogens is 402 g/mol. The van der Waals surface area contributed by atoms with E-state index < -0.39 is 0 Å². The summed E-state index contributed by atoms with van der Waals surface area (Å²) in [4.78, 5) is 5.12. The number of hydrogen-bond donors (Lipinski definition) is 1. The van der Waals surface area contributed by atoms with E-state index in [0.717, 1.165) is 5.92 Å². The largest absolute Gasteiger partial charge is 0.378 e. The number of fused-ring (bicyclic) bond motifs is 1. The molecule has 0 saturated carbocycles. The highest BCUT2D eigenvalue weighted by molar-refractivity contribution is 5.59. The summed E-state index contributed by atoms with van der Waals surface area (Å²) in [6, 6.07) is 18.6. The quantitative estimate of drug-likeness (QED) is 0.543. The molecular formula is C30H45N3. The van der Waals surface area contributed by atoms with Gasteiger partial charge in [0.15, 0.2) is 0 Å². The lowest BCUT2D eigenvalue weighted by molar-refractivity contribution is 0.134. The number of rotatable bonds is 6. The summed E-state index contributed by atoms with van der Waals surface area (Å²) in [6.45, 7) is 18.0. The van der Waals surface area contributed by atoms with Gasteiger partial charge in [-0.2, -0.15) is 0 Å². The molecule has 2 aromatic carbocycles. The molecule has 4 atom stereocenters. The van der Waals surface area contributed by atoms with Crippen LogP contribution in [0.3, 0.4) is 0 Å². The standard InChI is InChI=1S/C30H45N3/c1-22(21-33-18-16-32(6)17-19-33)12-14-26-23(2)27-20-25(30(3,4)5)13-15-28(27)31-29(26)24-10-8-7-9-11-24/h7-11,13,15,20,22-23,26,29,31H,12,14,16-19,21H2,1-6H3/t22?,23-,26+,29-/m0/s1. The number of benzene rings is 2. The second kappa shape index (κ2) is 10.2. The highest BCUT2D eigenvalue weighted by Crippen LogP contribution is 2.47. The summed E-state index contributed by atoms with van der Waals surface area (Å²) >= 11 is 0. The Morgan fingerprint density at radius 3 is 2.36 bits per heavy atom. The van der Waals surface area contributed by atoms with Gasteiger partial charge in [0, 0.05) is 38.4 Å². The van der Waals surface area contributed by atoms with Crippen LogP contribution in [-0.4, -0.2) is 49.6 Å². The van der Waals surface area contributed by atoms with Gasteiger partial charge in [0.1, 0.15) is 0 Å². The van der Waals surface area contributed by atoms with Crippen molar-refractivity contribution >= 4 is 5.69 Å². The molecule has 2 aliphatic rings. The molecule has 2 aliphatic heterocycles. The Balaban J connectivity index is 1.52. The minimum Gasteiger partial charge on any atom is -0.378 e. The molecule has 0 radical (unpaired) electrons. The van der Waals surface area contributed by atoms with Crippen LogP contribution in [0.25, 0.3) is 0 Å². The van der Waals surface area contributed by atoms with Gasteiger partial charge in [-0.3, -0.25) is 0 Å². The number of nitrogens with one attached hydrogen (secondary N) is 1. The fraction of sp³-hybridized carbons (Fsp3) is 0.600. The molecule has 1 fully saturated rings. The van der Waals surface area contributed by atoms with Gasteiger partial charge < -0.3 is 15.1 Å². The first kappa shape index (κ1) is 24.3. The van der Waals surface area contributed by atoms with Crippen molar-refractivity contribution < 1.29 is 0 Å². The average molecular weight is 448 g/mol. The Morgan fingerprint density at radius 1 is 1.00 bits per heavy atom. The fourth-order valence-corrected chi connectivity index (χ4v) is 5.78. The van der Waals surface area contributed by atoms with Gasteiger partial charge >= 0.3 is 0 Å². The molecule has 2 aromatic rings. The topological polar surface area (TPSA) is 18.5 Å². The second-order valence-electron chi connectivity index (χ2n) is 11.8. The predicted octanol–water partition coefficient (Wildman–Crippen LogP) is 6.53. The lowest BCUT2D eigenvalue weighted by atomic mass is 9.72. The molecule has 0 aromatic heterocycles. The molecule has 1 N–H and O–H groups in total. The number of nitrogens with zero attached hydrogens (tertiary/aromatic N) is 2. The third kappa shape index (κ3) is 5.81. The fourth-order valence-electron chi connectivity index (χ4n) is 5.78. The number of likely N-dealkylation sites (N-methyl/N-ethyl adjacent to an activating group) is 1. The number of hydrogen-bond acceptors (Lipinski definition) is 3. The molecule has 3 nitrogen and oxygen atoms in total. The molecule has 1 saturated heterocycles. The van der Waals surface area contributed by atoms with Gasteiger partial charge in [0.05, 0.1) is 6.04 Å². The molecule has 0 aliphatic carbocycles. The van der Waals surface area contributed by atoms with Crippen molar-refractivity contribution in [2.45, 2.75) is 64.8 Å². The summed E-state index contributed by atoms with van der Waals surface area (Å²) in [5.41, 5.74) is 5.87. The van der Waals surface area contributed by atoms with E-state index in [4.69, 9.17) is 0 Å². The second-order valence-corrected chi connectivity index (χ2v) is 11.8. The van der Waals surface area contributed by atoms with Gasteiger partial charge in [-0.05, 0) is 65.8 Å². The van der Waals surface area contributed by atoms with E-state index in [2.05, 4.69) is 105 Å². The van der Waals surface area contributed by atoms with E-state index >= 15 is 0 Å². The third-order valence-corrected chi connectivity index (χ3v) is 8.11. The average Bonchev–Trinajstić information content (AvgIpc) is 2.79. The summed E-state index contributed by atoms with van der Waals surface area (Å²) in [5, 5.41) is 3.97. The van der Waals surface area contributed by atoms with E-state index in [1.165, 1.54) is 67.9 Å². The Hall–Kier alpha value is -1.84. The van der Waals surface area contributed by atoms with Crippen LogP contribution in [0, 0.1) is 11.8 Å². The Kier molecular flexibility index (Phi) is 7.50. The smallest absolute Gasteiger partial charge is 0.0547 e. The van der Waals surface area contributed by atoms with E-state index in [1.54, 1.807) is 0 Å². The van der Waals surface area contributed by atoms with E-state index in [0.29, 0.717) is 17.9 Å². The molecule has 2 heterocycles. The Labute approximate surface area is 202 Å². The maximum Gasteiger partial charge on any atom is 0.0547 e. The minimum atomic E-state index is 0.178. The Bertz CT molecular complexity index is 893. The molecule has 3 heteroatoms. The van der Waals surface area contributed by atoms with Crippen LogP contribution in [0.15, 0.2) is 48.5 Å². The van der Waals surface area contributed by atoms with E-state index in [9.17, 15) is 0 Å². The third-order valence-electron chi connectivity index (χ3n) is 8.11. The molecule has 1 unspecified atom stereocenters. The lowest BCUT2D eigenvalue weighted by Crippen LogP contribution is -2.45. The maximum atomic E-state index is 3.97. The molecule has 33 heavy (non-hydrogen) atoms. The Morgan fingerprint density at radius 2 is 1.70 bits per heavy atom. The molecule has 180 valence electrons. The van der Waals surface area contributed by atoms with Crippen molar-refractivity contribution in [2.75, 3.05) is 45.1 Å². The van der Waals surface area contributed by atoms with Crippen LogP contribution in [-0.2, 0) is 5.41 Å². The molecule has 0 spiro atoms. The van der Waals surface area contributed by atoms with Crippen molar-refractivity contribution in [3.63, 3.8) is 0 Å². The van der Waals surface area contributed by atoms with Crippen LogP contribution in [0.2, 0.25) is 0 Å². The summed E-state index contributed by atoms with van der Waals surface area (Å²) < 4.78 is 0. The van der Waals surface area contributed by atoms with Gasteiger partial charge in [0.25, 0.3) is 0 Å². The first-order chi connectivity index (χ1) is 15.7. The highest BCUT2D eigenvalue weighted by atomic mass is 15.2. The zero-order valence-electron chi connectivity index (χ0n) is 21.8. The van der Waals surface area contributed by atoms with Gasteiger partial charge in [-0.15, -0.1) is 0 Å². The van der Waals surface area contributed by atoms with Gasteiger partial charge in [-0.1, -0.05) is 77.1 Å². The van der Waals surface area contributed by atoms with Gasteiger partial charge in [0.2, 0.25) is 0 Å². The van der Waals surface area contributed by atoms with E-state index in [-0.39, 0.29) is 5.41 Å². The molecule has 0 amide bonds. The van der Waals surface area contributed by atoms with Crippen LogP contribution >= 0.6 is 0 Å². The monoisotopic (exact) mass is 447 g/mol. The van der Waals surface area contributed by atoms with E-state index in [1.807, 2.05) is 0 Å². The summed E-state index contributed by atoms with van der Waals surface area (Å²) in [5.74, 6) is 1.88. The van der Waals surface area contributed by atoms with Crippen molar-refractivity contribution in [3.8, 4) is 0 Å². The first-order valence-corrected chi connectivity index (χ1v) is 13.1. The normalized spacial score (nSPS) is 25.3. The SMILES string of the molecule is CC(CC[C@@H]1[C@H](C)c2cc(C(C)(C)C)ccc2N[C@H]1c1ccccc1)CN1CCN(C)CC1. The summed E-state index contributed by atoms with van der Waals surface area (Å²) in [6.07, 6.45) is 2.56. The first-order valence-electron chi connectivity index (χ1n) is 13.1. The van der Waals surface area contributed by atoms with Crippen molar-refractivity contribution in [1.29, 1.82) is 0 Å². The van der Waals surface area contributed by atoms with Crippen molar-refractivity contribution in [3.05, 3.63) is 65.2 Å². The highest BCUT2D eigenvalue weighted by Gasteiger charge is 2.35. The maximum absolute atomic E-state index is 3.97. The van der Waals surface area contributed by atoms with Crippen LogP contribution in [0.4, 0.5) is 5.69 Å². The summed E-state index contributed by atoms with van der Waals surface area (Å²) in [7, 11) is 2.24. The van der Waals surface area contributed by atoms with Crippen LogP contribution in [0.1, 0.15) is 76.1 Å². The van der Waals surface area contributed by atoms with Crippen molar-refractivity contribution in [1.82, 2.24) is 9.80 Å². The zero-order chi connectivity index (χ0) is 23.6. The molecule has 0 bridgehead atoms. The predicted molar refractivity (Wildman–Crippen MR) is 142 cm³/mol. The van der Waals surface area contributed by atoms with Gasteiger partial charge in [-0.25, -0.2) is 0 Å². The van der Waals surface area contributed by atoms with Crippen LogP contribution in [0.5, 0.6) is 0 Å². The van der Waals surface area contributed by atoms with Crippen LogP contribution < -0.4 is 5.32 Å². The molecule has 4 rings (SSSR count). The minimum absolute atomic E-state index is 0.178.